The lowest BCUT2D eigenvalue weighted by molar-refractivity contribution is -0.110. The highest BCUT2D eigenvalue weighted by atomic mass is 16.1. The molecule has 0 saturated carbocycles. The lowest BCUT2D eigenvalue weighted by Crippen LogP contribution is -1.89. The van der Waals surface area contributed by atoms with Gasteiger partial charge < -0.3 is 4.79 Å². The zero-order valence-corrected chi connectivity index (χ0v) is 7.76. The van der Waals surface area contributed by atoms with Crippen LogP contribution in [0.15, 0.2) is 24.8 Å². The van der Waals surface area contributed by atoms with Crippen molar-refractivity contribution in [2.24, 2.45) is 5.92 Å². The molecule has 0 radical (unpaired) electrons. The summed E-state index contributed by atoms with van der Waals surface area (Å²) in [5, 5.41) is 0. The average Bonchev–Trinajstić information content (AvgIpc) is 2.04. The zero-order valence-electron chi connectivity index (χ0n) is 7.76. The molecule has 0 amide bonds. The molecule has 0 saturated heterocycles. The highest BCUT2D eigenvalue weighted by molar-refractivity contribution is 5.52. The van der Waals surface area contributed by atoms with Gasteiger partial charge in [0.2, 0.25) is 0 Å². The molecule has 0 aromatic rings. The summed E-state index contributed by atoms with van der Waals surface area (Å²) >= 11 is 0. The van der Waals surface area contributed by atoms with Crippen molar-refractivity contribution in [3.63, 3.8) is 0 Å². The summed E-state index contributed by atoms with van der Waals surface area (Å²) in [6, 6.07) is 0. The smallest absolute Gasteiger partial charge is 0.122 e. The fourth-order valence-electron chi connectivity index (χ4n) is 0.0962. The van der Waals surface area contributed by atoms with Crippen LogP contribution in [0.25, 0.3) is 0 Å². The number of hydrogen-bond donors (Lipinski definition) is 0. The van der Waals surface area contributed by atoms with Crippen molar-refractivity contribution in [2.75, 3.05) is 0 Å². The number of aldehydes is 1. The van der Waals surface area contributed by atoms with Crippen molar-refractivity contribution >= 4 is 6.29 Å². The van der Waals surface area contributed by atoms with Crippen LogP contribution in [0.4, 0.5) is 0 Å². The van der Waals surface area contributed by atoms with Gasteiger partial charge in [-0.05, 0) is 13.3 Å². The van der Waals surface area contributed by atoms with Crippen LogP contribution < -0.4 is 0 Å². The molecular formula is C10H18O. The molecule has 0 rings (SSSR count). The van der Waals surface area contributed by atoms with E-state index in [1.54, 1.807) is 6.08 Å². The van der Waals surface area contributed by atoms with E-state index in [-0.39, 0.29) is 5.92 Å². The van der Waals surface area contributed by atoms with Crippen LogP contribution in [-0.4, -0.2) is 6.29 Å². The minimum atomic E-state index is 0.255. The summed E-state index contributed by atoms with van der Waals surface area (Å²) in [6.07, 6.45) is 3.66. The summed E-state index contributed by atoms with van der Waals surface area (Å²) in [4.78, 5) is 9.74. The van der Waals surface area contributed by atoms with E-state index in [9.17, 15) is 4.79 Å². The molecule has 1 heteroatoms. The maximum absolute atomic E-state index is 9.74. The fraction of sp³-hybridized carbons (Fsp3) is 0.500. The molecule has 0 aromatic heterocycles. The number of rotatable bonds is 3. The quantitative estimate of drug-likeness (QED) is 0.451. The van der Waals surface area contributed by atoms with E-state index in [2.05, 4.69) is 13.2 Å². The Morgan fingerprint density at radius 1 is 1.64 bits per heavy atom. The second-order valence-electron chi connectivity index (χ2n) is 2.57. The Labute approximate surface area is 69.8 Å². The van der Waals surface area contributed by atoms with Crippen LogP contribution in [0.5, 0.6) is 0 Å². The van der Waals surface area contributed by atoms with Gasteiger partial charge >= 0.3 is 0 Å². The van der Waals surface area contributed by atoms with E-state index in [1.165, 1.54) is 0 Å². The van der Waals surface area contributed by atoms with Crippen molar-refractivity contribution in [3.05, 3.63) is 24.8 Å². The van der Waals surface area contributed by atoms with Gasteiger partial charge in [-0.15, -0.1) is 0 Å². The molecule has 1 atom stereocenters. The second-order valence-corrected chi connectivity index (χ2v) is 2.57. The molecule has 0 spiro atoms. The van der Waals surface area contributed by atoms with Crippen molar-refractivity contribution < 1.29 is 4.79 Å². The zero-order chi connectivity index (χ0) is 9.28. The number of carbonyl (C=O) groups excluding carboxylic acids is 1. The van der Waals surface area contributed by atoms with Gasteiger partial charge in [0, 0.05) is 5.92 Å². The maximum atomic E-state index is 9.74. The number of carbonyl (C=O) groups is 1. The van der Waals surface area contributed by atoms with Crippen LogP contribution in [0.2, 0.25) is 0 Å². The van der Waals surface area contributed by atoms with Gasteiger partial charge in [0.25, 0.3) is 0 Å². The lowest BCUT2D eigenvalue weighted by atomic mass is 10.2. The number of hydrogen-bond acceptors (Lipinski definition) is 1. The third kappa shape index (κ3) is 17.6. The summed E-state index contributed by atoms with van der Waals surface area (Å²) in [7, 11) is 0. The van der Waals surface area contributed by atoms with Gasteiger partial charge in [-0.2, -0.15) is 0 Å². The molecule has 1 nitrogen and oxygen atoms in total. The predicted molar refractivity (Wildman–Crippen MR) is 50.5 cm³/mol. The Morgan fingerprint density at radius 3 is 2.00 bits per heavy atom. The van der Waals surface area contributed by atoms with Gasteiger partial charge in [0.05, 0.1) is 0 Å². The predicted octanol–water partition coefficient (Wildman–Crippen LogP) is 2.98. The van der Waals surface area contributed by atoms with Crippen LogP contribution in [0.3, 0.4) is 0 Å². The van der Waals surface area contributed by atoms with Gasteiger partial charge in [-0.25, -0.2) is 0 Å². The first-order valence-corrected chi connectivity index (χ1v) is 3.81. The molecule has 0 aliphatic rings. The molecule has 0 bridgehead atoms. The normalized spacial score (nSPS) is 10.5. The van der Waals surface area contributed by atoms with Crippen LogP contribution >= 0.6 is 0 Å². The Hall–Kier alpha value is -0.850. The van der Waals surface area contributed by atoms with Crippen molar-refractivity contribution in [1.82, 2.24) is 0 Å². The van der Waals surface area contributed by atoms with E-state index in [1.807, 2.05) is 20.8 Å². The first-order chi connectivity index (χ1) is 5.08. The van der Waals surface area contributed by atoms with Gasteiger partial charge in [-0.3, -0.25) is 0 Å². The van der Waals surface area contributed by atoms with Crippen LogP contribution in [0, 0.1) is 5.92 Å². The molecule has 0 N–H and O–H groups in total. The standard InChI is InChI=1S/C5H10O.C5H8/c1-3-5(2)4-6;1-4-5(2)3/h4-5H,3H2,1-2H3;4H,1-2H2,3H3. The SMILES string of the molecule is C=CC(=C)C.CCC(C)C=O. The minimum Gasteiger partial charge on any atom is -0.303 e. The fourth-order valence-corrected chi connectivity index (χ4v) is 0.0962. The molecule has 0 aliphatic heterocycles. The third-order valence-corrected chi connectivity index (χ3v) is 1.22. The molecule has 11 heavy (non-hydrogen) atoms. The first kappa shape index (κ1) is 12.8. The Morgan fingerprint density at radius 2 is 2.00 bits per heavy atom. The molecule has 0 aromatic carbocycles. The molecule has 1 unspecified atom stereocenters. The van der Waals surface area contributed by atoms with E-state index >= 15 is 0 Å². The van der Waals surface area contributed by atoms with E-state index in [0.717, 1.165) is 18.3 Å². The topological polar surface area (TPSA) is 17.1 Å². The average molecular weight is 154 g/mol. The van der Waals surface area contributed by atoms with E-state index in [4.69, 9.17) is 0 Å². The number of allylic oxidation sites excluding steroid dienone is 2. The monoisotopic (exact) mass is 154 g/mol. The van der Waals surface area contributed by atoms with Crippen LogP contribution in [-0.2, 0) is 4.79 Å². The summed E-state index contributed by atoms with van der Waals surface area (Å²) in [5.41, 5.74) is 1.02. The Balaban J connectivity index is 0. The highest BCUT2D eigenvalue weighted by Crippen LogP contribution is 1.91. The third-order valence-electron chi connectivity index (χ3n) is 1.22. The first-order valence-electron chi connectivity index (χ1n) is 3.81. The molecule has 64 valence electrons. The molecule has 0 heterocycles. The summed E-state index contributed by atoms with van der Waals surface area (Å²) in [5.74, 6) is 0.255. The molecule has 0 fully saturated rings. The van der Waals surface area contributed by atoms with Gasteiger partial charge in [-0.1, -0.05) is 38.7 Å². The summed E-state index contributed by atoms with van der Waals surface area (Å²) < 4.78 is 0. The van der Waals surface area contributed by atoms with Gasteiger partial charge in [0.1, 0.15) is 6.29 Å². The Bertz CT molecular complexity index is 125. The van der Waals surface area contributed by atoms with Crippen molar-refractivity contribution in [3.8, 4) is 0 Å². The van der Waals surface area contributed by atoms with Gasteiger partial charge in [0.15, 0.2) is 0 Å². The largest absolute Gasteiger partial charge is 0.303 e. The lowest BCUT2D eigenvalue weighted by Gasteiger charge is -1.89. The molecular weight excluding hydrogens is 136 g/mol. The van der Waals surface area contributed by atoms with Crippen molar-refractivity contribution in [1.29, 1.82) is 0 Å². The molecule has 0 aliphatic carbocycles. The van der Waals surface area contributed by atoms with Crippen molar-refractivity contribution in [2.45, 2.75) is 27.2 Å². The maximum Gasteiger partial charge on any atom is 0.122 e. The van der Waals surface area contributed by atoms with E-state index in [0.29, 0.717) is 0 Å². The Kier molecular flexibility index (Phi) is 10.6. The van der Waals surface area contributed by atoms with E-state index < -0.39 is 0 Å². The minimum absolute atomic E-state index is 0.255. The second kappa shape index (κ2) is 9.15. The highest BCUT2D eigenvalue weighted by Gasteiger charge is 1.89. The van der Waals surface area contributed by atoms with Crippen LogP contribution in [0.1, 0.15) is 27.2 Å². The summed E-state index contributed by atoms with van der Waals surface area (Å²) in [6.45, 7) is 12.8.